The van der Waals surface area contributed by atoms with Gasteiger partial charge in [0.05, 0.1) is 18.8 Å². The van der Waals surface area contributed by atoms with Crippen LogP contribution in [0, 0.1) is 0 Å². The number of aliphatic imine (C=N–C) groups is 1. The van der Waals surface area contributed by atoms with Gasteiger partial charge < -0.3 is 20.3 Å². The Kier molecular flexibility index (Phi) is 9.50. The van der Waals surface area contributed by atoms with Gasteiger partial charge in [0.25, 0.3) is 0 Å². The molecule has 0 bridgehead atoms. The van der Waals surface area contributed by atoms with E-state index in [0.29, 0.717) is 32.3 Å². The molecule has 24 heavy (non-hydrogen) atoms. The largest absolute Gasteiger partial charge is 0.450 e. The van der Waals surface area contributed by atoms with Crippen molar-refractivity contribution in [2.45, 2.75) is 39.3 Å². The van der Waals surface area contributed by atoms with Crippen molar-refractivity contribution in [3.05, 3.63) is 18.0 Å². The van der Waals surface area contributed by atoms with Crippen LogP contribution in [-0.4, -0.2) is 59.4 Å². The molecule has 8 nitrogen and oxygen atoms in total. The van der Waals surface area contributed by atoms with E-state index in [2.05, 4.69) is 25.8 Å². The fourth-order valence-corrected chi connectivity index (χ4v) is 2.47. The Bertz CT molecular complexity index is 500. The van der Waals surface area contributed by atoms with Crippen LogP contribution < -0.4 is 10.6 Å². The molecule has 1 aliphatic heterocycles. The van der Waals surface area contributed by atoms with Gasteiger partial charge in [-0.2, -0.15) is 5.10 Å². The average molecular weight is 450 g/mol. The van der Waals surface area contributed by atoms with E-state index >= 15 is 0 Å². The molecule has 3 N–H and O–H groups in total. The Labute approximate surface area is 159 Å². The van der Waals surface area contributed by atoms with Crippen LogP contribution in [0.2, 0.25) is 0 Å². The van der Waals surface area contributed by atoms with Crippen molar-refractivity contribution < 1.29 is 9.53 Å². The number of aromatic nitrogens is 2. The number of amides is 1. The zero-order chi connectivity index (χ0) is 16.5. The molecule has 2 heterocycles. The van der Waals surface area contributed by atoms with Crippen LogP contribution in [0.1, 0.15) is 32.4 Å². The topological polar surface area (TPSA) is 94.6 Å². The first-order valence-electron chi connectivity index (χ1n) is 8.17. The highest BCUT2D eigenvalue weighted by atomic mass is 127. The number of hydrogen-bond donors (Lipinski definition) is 3. The van der Waals surface area contributed by atoms with E-state index in [1.54, 1.807) is 11.1 Å². The normalized spacial score (nSPS) is 15.6. The molecular weight excluding hydrogens is 423 g/mol. The summed E-state index contributed by atoms with van der Waals surface area (Å²) in [7, 11) is 0. The molecule has 9 heteroatoms. The molecule has 136 valence electrons. The molecule has 2 rings (SSSR count). The van der Waals surface area contributed by atoms with E-state index in [0.717, 1.165) is 31.0 Å². The van der Waals surface area contributed by atoms with E-state index in [-0.39, 0.29) is 30.1 Å². The van der Waals surface area contributed by atoms with Crippen molar-refractivity contribution in [3.8, 4) is 0 Å². The van der Waals surface area contributed by atoms with Crippen LogP contribution in [0.4, 0.5) is 4.79 Å². The number of guanidine groups is 1. The molecule has 1 saturated heterocycles. The van der Waals surface area contributed by atoms with Crippen LogP contribution in [0.15, 0.2) is 17.3 Å². The summed E-state index contributed by atoms with van der Waals surface area (Å²) in [4.78, 5) is 18.0. The maximum atomic E-state index is 11.7. The number of aromatic amines is 1. The minimum Gasteiger partial charge on any atom is -0.450 e. The maximum Gasteiger partial charge on any atom is 0.409 e. The van der Waals surface area contributed by atoms with Crippen molar-refractivity contribution in [1.29, 1.82) is 0 Å². The molecule has 0 aromatic carbocycles. The monoisotopic (exact) mass is 450 g/mol. The molecule has 1 fully saturated rings. The van der Waals surface area contributed by atoms with Crippen LogP contribution in [-0.2, 0) is 11.3 Å². The third kappa shape index (κ3) is 6.54. The van der Waals surface area contributed by atoms with Crippen molar-refractivity contribution in [2.24, 2.45) is 4.99 Å². The van der Waals surface area contributed by atoms with Crippen LogP contribution >= 0.6 is 24.0 Å². The predicted molar refractivity (Wildman–Crippen MR) is 104 cm³/mol. The summed E-state index contributed by atoms with van der Waals surface area (Å²) < 4.78 is 5.04. The molecule has 1 aliphatic rings. The minimum atomic E-state index is -0.217. The van der Waals surface area contributed by atoms with Crippen molar-refractivity contribution in [3.63, 3.8) is 0 Å². The van der Waals surface area contributed by atoms with Gasteiger partial charge >= 0.3 is 6.09 Å². The number of hydrogen-bond acceptors (Lipinski definition) is 4. The molecule has 1 aromatic heterocycles. The number of nitrogens with one attached hydrogen (secondary N) is 3. The van der Waals surface area contributed by atoms with Gasteiger partial charge in [0.2, 0.25) is 0 Å². The van der Waals surface area contributed by atoms with Crippen molar-refractivity contribution >= 4 is 36.0 Å². The van der Waals surface area contributed by atoms with Gasteiger partial charge in [0, 0.05) is 31.9 Å². The molecule has 0 aliphatic carbocycles. The van der Waals surface area contributed by atoms with Crippen LogP contribution in [0.5, 0.6) is 0 Å². The fraction of sp³-hybridized carbons (Fsp3) is 0.667. The second kappa shape index (κ2) is 11.1. The molecule has 0 radical (unpaired) electrons. The summed E-state index contributed by atoms with van der Waals surface area (Å²) in [5, 5.41) is 13.5. The first kappa shape index (κ1) is 20.5. The van der Waals surface area contributed by atoms with Gasteiger partial charge in [-0.3, -0.25) is 5.10 Å². The fourth-order valence-electron chi connectivity index (χ4n) is 2.47. The quantitative estimate of drug-likeness (QED) is 0.361. The lowest BCUT2D eigenvalue weighted by atomic mass is 10.1. The SMILES string of the molecule is CCNC(=NCc1ccn[nH]1)NC1CCN(C(=O)OCC)CC1.I. The van der Waals surface area contributed by atoms with Gasteiger partial charge in [0.15, 0.2) is 5.96 Å². The summed E-state index contributed by atoms with van der Waals surface area (Å²) in [5.41, 5.74) is 0.972. The van der Waals surface area contributed by atoms with Crippen LogP contribution in [0.3, 0.4) is 0 Å². The summed E-state index contributed by atoms with van der Waals surface area (Å²) in [6, 6.07) is 2.21. The lowest BCUT2D eigenvalue weighted by Gasteiger charge is -2.32. The third-order valence-electron chi connectivity index (χ3n) is 3.67. The van der Waals surface area contributed by atoms with Gasteiger partial charge in [-0.1, -0.05) is 0 Å². The lowest BCUT2D eigenvalue weighted by molar-refractivity contribution is 0.0963. The highest BCUT2D eigenvalue weighted by Crippen LogP contribution is 2.11. The first-order chi connectivity index (χ1) is 11.2. The number of rotatable bonds is 5. The van der Waals surface area contributed by atoms with Gasteiger partial charge in [0.1, 0.15) is 0 Å². The molecular formula is C15H27IN6O2. The standard InChI is InChI=1S/C15H26N6O2.HI/c1-3-16-14(17-11-13-5-8-18-20-13)19-12-6-9-21(10-7-12)15(22)23-4-2;/h5,8,12H,3-4,6-7,9-11H2,1-2H3,(H,18,20)(H2,16,17,19);1H. The Morgan fingerprint density at radius 1 is 1.46 bits per heavy atom. The van der Waals surface area contributed by atoms with Crippen molar-refractivity contribution in [2.75, 3.05) is 26.2 Å². The lowest BCUT2D eigenvalue weighted by Crippen LogP contribution is -2.49. The first-order valence-corrected chi connectivity index (χ1v) is 8.17. The molecule has 0 atom stereocenters. The number of carbonyl (C=O) groups excluding carboxylic acids is 1. The molecule has 0 saturated carbocycles. The molecule has 0 spiro atoms. The summed E-state index contributed by atoms with van der Waals surface area (Å²) in [6.45, 7) is 7.05. The van der Waals surface area contributed by atoms with E-state index in [1.165, 1.54) is 0 Å². The van der Waals surface area contributed by atoms with Gasteiger partial charge in [-0.15, -0.1) is 24.0 Å². The second-order valence-electron chi connectivity index (χ2n) is 5.38. The van der Waals surface area contributed by atoms with Crippen molar-refractivity contribution in [1.82, 2.24) is 25.7 Å². The highest BCUT2D eigenvalue weighted by molar-refractivity contribution is 14.0. The Morgan fingerprint density at radius 2 is 2.21 bits per heavy atom. The molecule has 1 aromatic rings. The minimum absolute atomic E-state index is 0. The van der Waals surface area contributed by atoms with Gasteiger partial charge in [-0.25, -0.2) is 9.79 Å². The third-order valence-corrected chi connectivity index (χ3v) is 3.67. The number of likely N-dealkylation sites (tertiary alicyclic amines) is 1. The Hall–Kier alpha value is -1.52. The number of ether oxygens (including phenoxy) is 1. The zero-order valence-corrected chi connectivity index (χ0v) is 16.6. The predicted octanol–water partition coefficient (Wildman–Crippen LogP) is 1.70. The van der Waals surface area contributed by atoms with E-state index < -0.39 is 0 Å². The van der Waals surface area contributed by atoms with E-state index in [1.807, 2.05) is 19.9 Å². The maximum absolute atomic E-state index is 11.7. The smallest absolute Gasteiger partial charge is 0.409 e. The number of carbonyl (C=O) groups is 1. The number of nitrogens with zero attached hydrogens (tertiary/aromatic N) is 3. The average Bonchev–Trinajstić information content (AvgIpc) is 3.07. The Balaban J connectivity index is 0.00000288. The van der Waals surface area contributed by atoms with E-state index in [4.69, 9.17) is 4.74 Å². The van der Waals surface area contributed by atoms with Gasteiger partial charge in [-0.05, 0) is 32.8 Å². The second-order valence-corrected chi connectivity index (χ2v) is 5.38. The number of piperidine rings is 1. The summed E-state index contributed by atoms with van der Waals surface area (Å²) in [5.74, 6) is 0.789. The van der Waals surface area contributed by atoms with E-state index in [9.17, 15) is 4.79 Å². The number of H-pyrrole nitrogens is 1. The van der Waals surface area contributed by atoms with Crippen LogP contribution in [0.25, 0.3) is 0 Å². The molecule has 0 unspecified atom stereocenters. The highest BCUT2D eigenvalue weighted by Gasteiger charge is 2.23. The summed E-state index contributed by atoms with van der Waals surface area (Å²) in [6.07, 6.45) is 3.27. The summed E-state index contributed by atoms with van der Waals surface area (Å²) >= 11 is 0. The number of halogens is 1. The molecule has 1 amide bonds. The Morgan fingerprint density at radius 3 is 2.79 bits per heavy atom. The zero-order valence-electron chi connectivity index (χ0n) is 14.2.